The van der Waals surface area contributed by atoms with Crippen molar-refractivity contribution in [3.05, 3.63) is 108 Å². The van der Waals surface area contributed by atoms with Crippen molar-refractivity contribution in [3.63, 3.8) is 0 Å². The predicted molar refractivity (Wildman–Crippen MR) is 137 cm³/mol. The number of alkyl halides is 9. The van der Waals surface area contributed by atoms with Gasteiger partial charge in [-0.1, -0.05) is 66.7 Å². The molecule has 0 radical (unpaired) electrons. The molecule has 0 amide bonds. The van der Waals surface area contributed by atoms with Crippen LogP contribution in [0.15, 0.2) is 97.1 Å². The predicted octanol–water partition coefficient (Wildman–Crippen LogP) is 7.26. The van der Waals surface area contributed by atoms with Crippen LogP contribution in [0.25, 0.3) is 11.1 Å². The molecular weight excluding hydrogens is 622 g/mol. The van der Waals surface area contributed by atoms with Gasteiger partial charge in [-0.15, -0.1) is 0 Å². The van der Waals surface area contributed by atoms with Gasteiger partial charge in [-0.05, 0) is 35.9 Å². The highest BCUT2D eigenvalue weighted by Gasteiger charge is 2.49. The second-order valence-electron chi connectivity index (χ2n) is 8.70. The standard InChI is InChI=1S/C27H16F9O4PS/c28-25(29,30)17-9-13-19(14-10-17)41(37,20-15-11-18(12-16-20)26(31,32)33)24-8-4-2-6-22(24)21-5-1-3-7-23(21)40-42(38,39)27(34,35)36/h1-16H. The summed E-state index contributed by atoms with van der Waals surface area (Å²) in [6.45, 7) is 0. The first-order valence-electron chi connectivity index (χ1n) is 11.5. The summed E-state index contributed by atoms with van der Waals surface area (Å²) in [4.78, 5) is 0. The van der Waals surface area contributed by atoms with E-state index in [4.69, 9.17) is 0 Å². The molecule has 0 saturated heterocycles. The number of para-hydroxylation sites is 1. The first-order valence-corrected chi connectivity index (χ1v) is 14.6. The minimum Gasteiger partial charge on any atom is -0.375 e. The number of halogens is 9. The lowest BCUT2D eigenvalue weighted by Crippen LogP contribution is -2.29. The molecule has 0 N–H and O–H groups in total. The molecule has 4 rings (SSSR count). The molecule has 15 heteroatoms. The summed E-state index contributed by atoms with van der Waals surface area (Å²) >= 11 is 0. The highest BCUT2D eigenvalue weighted by Crippen LogP contribution is 2.47. The van der Waals surface area contributed by atoms with Crippen molar-refractivity contribution in [2.45, 2.75) is 17.9 Å². The third kappa shape index (κ3) is 6.05. The quantitative estimate of drug-likeness (QED) is 0.0966. The van der Waals surface area contributed by atoms with Gasteiger partial charge in [-0.25, -0.2) is 0 Å². The molecule has 4 aromatic rings. The van der Waals surface area contributed by atoms with E-state index in [0.717, 1.165) is 36.4 Å². The zero-order valence-electron chi connectivity index (χ0n) is 20.6. The van der Waals surface area contributed by atoms with Crippen LogP contribution >= 0.6 is 7.14 Å². The third-order valence-electron chi connectivity index (χ3n) is 6.02. The maximum Gasteiger partial charge on any atom is 0.534 e. The topological polar surface area (TPSA) is 60.4 Å². The normalized spacial score (nSPS) is 13.2. The Labute approximate surface area is 232 Å². The van der Waals surface area contributed by atoms with Crippen molar-refractivity contribution < 1.29 is 56.7 Å². The second-order valence-corrected chi connectivity index (χ2v) is 13.0. The Balaban J connectivity index is 1.99. The second kappa shape index (κ2) is 10.8. The van der Waals surface area contributed by atoms with E-state index < -0.39 is 52.0 Å². The molecule has 0 atom stereocenters. The van der Waals surface area contributed by atoms with Crippen LogP contribution in [-0.4, -0.2) is 13.9 Å². The summed E-state index contributed by atoms with van der Waals surface area (Å²) in [7, 11) is -10.5. The minimum atomic E-state index is -6.15. The fraction of sp³-hybridized carbons (Fsp3) is 0.111. The number of rotatable bonds is 6. The fourth-order valence-electron chi connectivity index (χ4n) is 4.05. The van der Waals surface area contributed by atoms with Gasteiger partial charge in [0.1, 0.15) is 0 Å². The molecule has 0 unspecified atom stereocenters. The Morgan fingerprint density at radius 3 is 1.38 bits per heavy atom. The zero-order valence-corrected chi connectivity index (χ0v) is 22.3. The first kappa shape index (κ1) is 31.2. The van der Waals surface area contributed by atoms with Crippen LogP contribution in [0.5, 0.6) is 5.75 Å². The zero-order chi connectivity index (χ0) is 31.1. The molecular formula is C27H16F9O4PS. The molecule has 4 aromatic carbocycles. The van der Waals surface area contributed by atoms with E-state index in [9.17, 15) is 52.5 Å². The maximum absolute atomic E-state index is 15.0. The van der Waals surface area contributed by atoms with Gasteiger partial charge in [0.25, 0.3) is 0 Å². The average molecular weight is 638 g/mol. The lowest BCUT2D eigenvalue weighted by Gasteiger charge is -2.24. The van der Waals surface area contributed by atoms with Gasteiger partial charge in [-0.2, -0.15) is 47.9 Å². The Kier molecular flexibility index (Phi) is 8.02. The van der Waals surface area contributed by atoms with Crippen LogP contribution < -0.4 is 20.1 Å². The van der Waals surface area contributed by atoms with Crippen molar-refractivity contribution in [2.75, 3.05) is 0 Å². The van der Waals surface area contributed by atoms with Gasteiger partial charge in [-0.3, -0.25) is 0 Å². The number of benzene rings is 4. The first-order chi connectivity index (χ1) is 19.4. The summed E-state index contributed by atoms with van der Waals surface area (Å²) in [5.41, 5.74) is -8.44. The summed E-state index contributed by atoms with van der Waals surface area (Å²) in [5.74, 6) is -0.811. The molecule has 4 nitrogen and oxygen atoms in total. The Morgan fingerprint density at radius 1 is 0.548 bits per heavy atom. The molecule has 0 heterocycles. The van der Waals surface area contributed by atoms with E-state index in [-0.39, 0.29) is 27.0 Å². The van der Waals surface area contributed by atoms with Crippen LogP contribution in [0.1, 0.15) is 11.1 Å². The Morgan fingerprint density at radius 2 is 0.952 bits per heavy atom. The molecule has 0 bridgehead atoms. The molecule has 0 aliphatic carbocycles. The molecule has 0 aliphatic heterocycles. The molecule has 42 heavy (non-hydrogen) atoms. The van der Waals surface area contributed by atoms with Crippen LogP contribution in [0.3, 0.4) is 0 Å². The van der Waals surface area contributed by atoms with Gasteiger partial charge >= 0.3 is 28.0 Å². The smallest absolute Gasteiger partial charge is 0.375 e. The summed E-state index contributed by atoms with van der Waals surface area (Å²) in [6.07, 6.45) is -9.54. The van der Waals surface area contributed by atoms with Crippen molar-refractivity contribution >= 4 is 33.2 Å². The summed E-state index contributed by atoms with van der Waals surface area (Å²) < 4.78 is 162. The van der Waals surface area contributed by atoms with Gasteiger partial charge < -0.3 is 8.75 Å². The number of hydrogen-bond donors (Lipinski definition) is 0. The van der Waals surface area contributed by atoms with Crippen molar-refractivity contribution in [2.24, 2.45) is 0 Å². The Bertz CT molecular complexity index is 1680. The largest absolute Gasteiger partial charge is 0.534 e. The highest BCUT2D eigenvalue weighted by molar-refractivity contribution is 7.88. The van der Waals surface area contributed by atoms with Crippen LogP contribution in [0.2, 0.25) is 0 Å². The van der Waals surface area contributed by atoms with Crippen LogP contribution in [-0.2, 0) is 27.0 Å². The van der Waals surface area contributed by atoms with Crippen LogP contribution in [0.4, 0.5) is 39.5 Å². The SMILES string of the molecule is O=P(c1ccc(C(F)(F)F)cc1)(c1ccc(C(F)(F)F)cc1)c1ccccc1-c1ccccc1OS(=O)(=O)C(F)(F)F. The Hall–Kier alpha value is -3.77. The van der Waals surface area contributed by atoms with Crippen molar-refractivity contribution in [3.8, 4) is 16.9 Å². The van der Waals surface area contributed by atoms with Crippen molar-refractivity contribution in [1.29, 1.82) is 0 Å². The molecule has 222 valence electrons. The van der Waals surface area contributed by atoms with E-state index in [2.05, 4.69) is 4.18 Å². The average Bonchev–Trinajstić information content (AvgIpc) is 2.91. The maximum atomic E-state index is 15.0. The number of hydrogen-bond acceptors (Lipinski definition) is 4. The van der Waals surface area contributed by atoms with Gasteiger partial charge in [0.05, 0.1) is 11.1 Å². The minimum absolute atomic E-state index is 0.145. The van der Waals surface area contributed by atoms with Gasteiger partial charge in [0.2, 0.25) is 0 Å². The van der Waals surface area contributed by atoms with E-state index in [1.807, 2.05) is 0 Å². The molecule has 0 spiro atoms. The third-order valence-corrected chi connectivity index (χ3v) is 10.1. The molecule has 0 aliphatic rings. The van der Waals surface area contributed by atoms with Gasteiger partial charge in [0, 0.05) is 21.5 Å². The molecule has 0 saturated carbocycles. The highest BCUT2D eigenvalue weighted by atomic mass is 32.2. The summed E-state index contributed by atoms with van der Waals surface area (Å²) in [6, 6.07) is 15.7. The van der Waals surface area contributed by atoms with Crippen LogP contribution in [0, 0.1) is 0 Å². The van der Waals surface area contributed by atoms with E-state index in [0.29, 0.717) is 24.3 Å². The molecule has 0 aromatic heterocycles. The summed E-state index contributed by atoms with van der Waals surface area (Å²) in [5, 5.41) is -0.710. The lowest BCUT2D eigenvalue weighted by atomic mass is 10.0. The monoisotopic (exact) mass is 638 g/mol. The van der Waals surface area contributed by atoms with E-state index in [1.54, 1.807) is 0 Å². The lowest BCUT2D eigenvalue weighted by molar-refractivity contribution is -0.138. The molecule has 0 fully saturated rings. The fourth-order valence-corrected chi connectivity index (χ4v) is 7.35. The van der Waals surface area contributed by atoms with E-state index in [1.165, 1.54) is 36.4 Å². The van der Waals surface area contributed by atoms with E-state index >= 15 is 0 Å². The van der Waals surface area contributed by atoms with Crippen molar-refractivity contribution in [1.82, 2.24) is 0 Å². The van der Waals surface area contributed by atoms with Gasteiger partial charge in [0.15, 0.2) is 12.9 Å².